The van der Waals surface area contributed by atoms with Crippen molar-refractivity contribution in [3.8, 4) is 5.75 Å². The molecule has 0 aliphatic carbocycles. The van der Waals surface area contributed by atoms with Crippen LogP contribution in [0.4, 0.5) is 0 Å². The summed E-state index contributed by atoms with van der Waals surface area (Å²) in [4.78, 5) is 79.0. The summed E-state index contributed by atoms with van der Waals surface area (Å²) in [6.07, 6.45) is 0.283. The molecule has 11 N–H and O–H groups in total. The van der Waals surface area contributed by atoms with Crippen molar-refractivity contribution in [1.29, 1.82) is 0 Å². The van der Waals surface area contributed by atoms with E-state index in [1.807, 2.05) is 0 Å². The number of phenols is 1. The summed E-state index contributed by atoms with van der Waals surface area (Å²) < 4.78 is 0. The number of aliphatic hydroxyl groups excluding tert-OH is 1. The predicted octanol–water partition coefficient (Wildman–Crippen LogP) is -1.20. The van der Waals surface area contributed by atoms with Crippen LogP contribution in [0.25, 0.3) is 10.9 Å². The third-order valence-electron chi connectivity index (χ3n) is 7.35. The fourth-order valence-electron chi connectivity index (χ4n) is 4.71. The van der Waals surface area contributed by atoms with Gasteiger partial charge in [0.15, 0.2) is 0 Å². The normalized spacial score (nSPS) is 14.1. The molecule has 3 aromatic rings. The molecule has 1 aromatic heterocycles. The maximum Gasteiger partial charge on any atom is 0.326 e. The van der Waals surface area contributed by atoms with E-state index in [2.05, 4.69) is 38.9 Å². The molecule has 0 aliphatic heterocycles. The quantitative estimate of drug-likeness (QED) is 0.0707. The molecule has 48 heavy (non-hydrogen) atoms. The number of thiol groups is 1. The average Bonchev–Trinajstić information content (AvgIpc) is 3.47. The minimum absolute atomic E-state index is 0.0469. The average molecular weight is 687 g/mol. The second-order valence-corrected chi connectivity index (χ2v) is 11.3. The fourth-order valence-corrected chi connectivity index (χ4v) is 4.87. The zero-order chi connectivity index (χ0) is 35.4. The Labute approximate surface area is 279 Å². The van der Waals surface area contributed by atoms with Gasteiger partial charge in [0.2, 0.25) is 23.6 Å². The number of carboxylic acids is 2. The number of carboxylic acid groups (broad SMARTS) is 2. The molecule has 258 valence electrons. The van der Waals surface area contributed by atoms with Gasteiger partial charge in [-0.05, 0) is 35.7 Å². The predicted molar refractivity (Wildman–Crippen MR) is 175 cm³/mol. The minimum Gasteiger partial charge on any atom is -0.508 e. The van der Waals surface area contributed by atoms with Crippen molar-refractivity contribution in [3.63, 3.8) is 0 Å². The molecule has 17 heteroatoms. The van der Waals surface area contributed by atoms with Crippen LogP contribution in [-0.2, 0) is 41.6 Å². The van der Waals surface area contributed by atoms with E-state index < -0.39 is 85.2 Å². The number of benzene rings is 2. The number of hydrogen-bond acceptors (Lipinski definition) is 10. The number of fused-ring (bicyclic) bond motifs is 1. The van der Waals surface area contributed by atoms with E-state index in [0.717, 1.165) is 10.9 Å². The molecule has 3 rings (SSSR count). The number of aliphatic carboxylic acids is 2. The Morgan fingerprint density at radius 2 is 1.35 bits per heavy atom. The summed E-state index contributed by atoms with van der Waals surface area (Å²) in [7, 11) is 0. The molecule has 5 atom stereocenters. The molecule has 16 nitrogen and oxygen atoms in total. The van der Waals surface area contributed by atoms with Gasteiger partial charge in [-0.2, -0.15) is 12.6 Å². The number of hydrogen-bond donors (Lipinski definition) is 11. The molecule has 2 aromatic carbocycles. The van der Waals surface area contributed by atoms with E-state index in [9.17, 15) is 49.2 Å². The van der Waals surface area contributed by atoms with Gasteiger partial charge in [-0.1, -0.05) is 30.3 Å². The summed E-state index contributed by atoms with van der Waals surface area (Å²) in [5.74, 6) is -6.44. The van der Waals surface area contributed by atoms with Crippen LogP contribution in [0.5, 0.6) is 5.75 Å². The first-order valence-electron chi connectivity index (χ1n) is 14.8. The Balaban J connectivity index is 1.87. The van der Waals surface area contributed by atoms with Crippen LogP contribution in [0.1, 0.15) is 24.0 Å². The van der Waals surface area contributed by atoms with Crippen LogP contribution in [0, 0.1) is 0 Å². The van der Waals surface area contributed by atoms with Gasteiger partial charge < -0.3 is 52.4 Å². The molecule has 0 fully saturated rings. The maximum absolute atomic E-state index is 13.7. The highest BCUT2D eigenvalue weighted by molar-refractivity contribution is 7.80. The molecule has 1 heterocycles. The van der Waals surface area contributed by atoms with Crippen molar-refractivity contribution < 1.29 is 49.2 Å². The summed E-state index contributed by atoms with van der Waals surface area (Å²) in [5.41, 5.74) is 7.43. The number of aromatic nitrogens is 1. The lowest BCUT2D eigenvalue weighted by atomic mass is 10.0. The lowest BCUT2D eigenvalue weighted by molar-refractivity contribution is -0.143. The molecule has 0 aliphatic rings. The molecule has 0 unspecified atom stereocenters. The van der Waals surface area contributed by atoms with Crippen molar-refractivity contribution in [2.45, 2.75) is 55.9 Å². The van der Waals surface area contributed by atoms with Gasteiger partial charge in [0, 0.05) is 42.1 Å². The van der Waals surface area contributed by atoms with Gasteiger partial charge in [-0.3, -0.25) is 24.0 Å². The summed E-state index contributed by atoms with van der Waals surface area (Å²) in [6, 6.07) is 5.69. The number of nitrogens with two attached hydrogens (primary N) is 1. The first-order chi connectivity index (χ1) is 22.8. The number of nitrogens with one attached hydrogen (secondary N) is 5. The van der Waals surface area contributed by atoms with Crippen LogP contribution >= 0.6 is 12.6 Å². The first kappa shape index (κ1) is 37.3. The zero-order valence-corrected chi connectivity index (χ0v) is 26.5. The van der Waals surface area contributed by atoms with Crippen molar-refractivity contribution in [2.75, 3.05) is 12.4 Å². The molecule has 0 saturated carbocycles. The SMILES string of the molecule is N[C@@H](CS)C(=O)N[C@@H](CO)C(=O)N[C@@H](Cc1c[nH]c2ccccc12)C(=O)N[C@@H](CCC(=O)O)C(=O)N[C@@H](Cc1ccc(O)cc1)C(=O)O. The van der Waals surface area contributed by atoms with Crippen LogP contribution in [0.2, 0.25) is 0 Å². The summed E-state index contributed by atoms with van der Waals surface area (Å²) in [6.45, 7) is -0.848. The van der Waals surface area contributed by atoms with Crippen LogP contribution in [-0.4, -0.2) is 104 Å². The summed E-state index contributed by atoms with van der Waals surface area (Å²) in [5, 5.41) is 48.6. The maximum atomic E-state index is 13.7. The lowest BCUT2D eigenvalue weighted by Gasteiger charge is -2.26. The standard InChI is InChI=1S/C31H38N6O10S/c32-20(15-48)27(42)37-25(14-38)30(45)35-23(12-17-13-33-21-4-2-1-3-19(17)21)29(44)34-22(9-10-26(40)41)28(43)36-24(31(46)47)11-16-5-7-18(39)8-6-16/h1-8,13,20,22-25,33,38-39,48H,9-12,14-15,32H2,(H,34,44)(H,35,45)(H,36,43)(H,37,42)(H,40,41)(H,46,47)/t20-,22-,23-,24-,25-/m0/s1. The van der Waals surface area contributed by atoms with Crippen LogP contribution < -0.4 is 27.0 Å². The number of carbonyl (C=O) groups excluding carboxylic acids is 4. The van der Waals surface area contributed by atoms with Gasteiger partial charge in [-0.15, -0.1) is 0 Å². The largest absolute Gasteiger partial charge is 0.508 e. The highest BCUT2D eigenvalue weighted by Gasteiger charge is 2.32. The molecule has 4 amide bonds. The number of aromatic amines is 1. The number of para-hydroxylation sites is 1. The number of aromatic hydroxyl groups is 1. The molecule has 0 radical (unpaired) electrons. The summed E-state index contributed by atoms with van der Waals surface area (Å²) >= 11 is 3.94. The van der Waals surface area contributed by atoms with Gasteiger partial charge in [0.1, 0.15) is 29.9 Å². The van der Waals surface area contributed by atoms with Crippen LogP contribution in [0.3, 0.4) is 0 Å². The molecule has 0 saturated heterocycles. The molecule has 0 spiro atoms. The van der Waals surface area contributed by atoms with Crippen molar-refractivity contribution >= 4 is 59.1 Å². The third kappa shape index (κ3) is 10.7. The van der Waals surface area contributed by atoms with E-state index in [4.69, 9.17) is 5.73 Å². The second-order valence-electron chi connectivity index (χ2n) is 10.9. The van der Waals surface area contributed by atoms with Gasteiger partial charge in [0.05, 0.1) is 12.6 Å². The van der Waals surface area contributed by atoms with E-state index in [-0.39, 0.29) is 24.3 Å². The zero-order valence-electron chi connectivity index (χ0n) is 25.6. The van der Waals surface area contributed by atoms with Gasteiger partial charge in [-0.25, -0.2) is 4.79 Å². The van der Waals surface area contributed by atoms with Crippen molar-refractivity contribution in [3.05, 3.63) is 65.9 Å². The van der Waals surface area contributed by atoms with Crippen molar-refractivity contribution in [2.24, 2.45) is 5.73 Å². The molecular weight excluding hydrogens is 648 g/mol. The smallest absolute Gasteiger partial charge is 0.326 e. The van der Waals surface area contributed by atoms with E-state index in [1.165, 1.54) is 24.3 Å². The lowest BCUT2D eigenvalue weighted by Crippen LogP contribution is -2.59. The van der Waals surface area contributed by atoms with Crippen LogP contribution in [0.15, 0.2) is 54.7 Å². The number of amides is 4. The fraction of sp³-hybridized carbons (Fsp3) is 0.355. The van der Waals surface area contributed by atoms with E-state index in [1.54, 1.807) is 30.5 Å². The van der Waals surface area contributed by atoms with Gasteiger partial charge >= 0.3 is 11.9 Å². The topological polar surface area (TPSA) is 273 Å². The minimum atomic E-state index is -1.54. The molecule has 0 bridgehead atoms. The number of carbonyl (C=O) groups is 6. The van der Waals surface area contributed by atoms with E-state index >= 15 is 0 Å². The van der Waals surface area contributed by atoms with Crippen molar-refractivity contribution in [1.82, 2.24) is 26.3 Å². The first-order valence-corrected chi connectivity index (χ1v) is 15.4. The Morgan fingerprint density at radius 1 is 0.771 bits per heavy atom. The highest BCUT2D eigenvalue weighted by atomic mass is 32.1. The molecular formula is C31H38N6O10S. The monoisotopic (exact) mass is 686 g/mol. The second kappa shape index (κ2) is 17.7. The number of phenolic OH excluding ortho intramolecular Hbond substituents is 1. The highest BCUT2D eigenvalue weighted by Crippen LogP contribution is 2.19. The Morgan fingerprint density at radius 3 is 1.98 bits per heavy atom. The Bertz CT molecular complexity index is 1610. The number of rotatable bonds is 18. The number of aliphatic hydroxyl groups is 1. The Kier molecular flexibility index (Phi) is 13.8. The Hall–Kier alpha value is -5.13. The third-order valence-corrected chi connectivity index (χ3v) is 7.74. The van der Waals surface area contributed by atoms with Gasteiger partial charge in [0.25, 0.3) is 0 Å². The number of H-pyrrole nitrogens is 1. The van der Waals surface area contributed by atoms with E-state index in [0.29, 0.717) is 11.1 Å².